The van der Waals surface area contributed by atoms with E-state index in [1.54, 1.807) is 42.7 Å². The average Bonchev–Trinajstić information content (AvgIpc) is 3.06. The van der Waals surface area contributed by atoms with Crippen molar-refractivity contribution >= 4 is 23.2 Å². The van der Waals surface area contributed by atoms with E-state index in [-0.39, 0.29) is 5.91 Å². The molecule has 0 bridgehead atoms. The van der Waals surface area contributed by atoms with Gasteiger partial charge in [0.1, 0.15) is 5.75 Å². The number of aliphatic carboxylic acids is 1. The molecule has 2 N–H and O–H groups in total. The molecular formula is C17H19NO4S. The van der Waals surface area contributed by atoms with Gasteiger partial charge in [-0.1, -0.05) is 18.2 Å². The summed E-state index contributed by atoms with van der Waals surface area (Å²) in [5.41, 5.74) is 0.518. The van der Waals surface area contributed by atoms with Gasteiger partial charge in [-0.05, 0) is 42.0 Å². The quantitative estimate of drug-likeness (QED) is 0.778. The van der Waals surface area contributed by atoms with Gasteiger partial charge in [0.15, 0.2) is 6.04 Å². The largest absolute Gasteiger partial charge is 0.497 e. The number of hydrogen-bond donors (Lipinski definition) is 2. The van der Waals surface area contributed by atoms with Gasteiger partial charge < -0.3 is 15.2 Å². The van der Waals surface area contributed by atoms with Crippen LogP contribution in [0.2, 0.25) is 0 Å². The van der Waals surface area contributed by atoms with Gasteiger partial charge in [0.2, 0.25) is 5.91 Å². The Labute approximate surface area is 138 Å². The summed E-state index contributed by atoms with van der Waals surface area (Å²) >= 11 is 1.66. The predicted octanol–water partition coefficient (Wildman–Crippen LogP) is 3.02. The van der Waals surface area contributed by atoms with Crippen molar-refractivity contribution in [3.63, 3.8) is 0 Å². The number of ether oxygens (including phenoxy) is 1. The summed E-state index contributed by atoms with van der Waals surface area (Å²) in [6.07, 6.45) is 1.82. The van der Waals surface area contributed by atoms with E-state index in [0.29, 0.717) is 24.2 Å². The highest BCUT2D eigenvalue weighted by Crippen LogP contribution is 2.18. The molecule has 1 aromatic carbocycles. The second kappa shape index (κ2) is 8.33. The van der Waals surface area contributed by atoms with E-state index < -0.39 is 12.0 Å². The summed E-state index contributed by atoms with van der Waals surface area (Å²) in [6.45, 7) is 0. The molecule has 0 saturated heterocycles. The Morgan fingerprint density at radius 1 is 1.26 bits per heavy atom. The summed E-state index contributed by atoms with van der Waals surface area (Å²) in [5.74, 6) is -0.702. The second-order valence-corrected chi connectivity index (χ2v) is 6.08. The first-order valence-corrected chi connectivity index (χ1v) is 8.16. The monoisotopic (exact) mass is 333 g/mol. The Morgan fingerprint density at radius 3 is 2.57 bits per heavy atom. The smallest absolute Gasteiger partial charge is 0.330 e. The molecule has 2 rings (SSSR count). The van der Waals surface area contributed by atoms with Crippen LogP contribution >= 0.6 is 11.3 Å². The minimum absolute atomic E-state index is 0.259. The zero-order chi connectivity index (χ0) is 16.7. The lowest BCUT2D eigenvalue weighted by Gasteiger charge is -2.15. The number of methoxy groups -OCH3 is 1. The average molecular weight is 333 g/mol. The molecule has 23 heavy (non-hydrogen) atoms. The number of aryl methyl sites for hydroxylation is 1. The molecule has 0 spiro atoms. The highest BCUT2D eigenvalue weighted by molar-refractivity contribution is 7.09. The third kappa shape index (κ3) is 5.10. The minimum atomic E-state index is -1.08. The molecule has 0 radical (unpaired) electrons. The fraction of sp³-hybridized carbons (Fsp3) is 0.294. The molecule has 1 unspecified atom stereocenters. The van der Waals surface area contributed by atoms with Crippen molar-refractivity contribution in [3.05, 3.63) is 52.2 Å². The zero-order valence-electron chi connectivity index (χ0n) is 12.8. The Balaban J connectivity index is 1.90. The van der Waals surface area contributed by atoms with E-state index in [4.69, 9.17) is 4.74 Å². The molecule has 6 heteroatoms. The lowest BCUT2D eigenvalue weighted by Crippen LogP contribution is -2.33. The van der Waals surface area contributed by atoms with Crippen LogP contribution in [0.15, 0.2) is 41.8 Å². The minimum Gasteiger partial charge on any atom is -0.497 e. The van der Waals surface area contributed by atoms with Gasteiger partial charge in [-0.25, -0.2) is 4.79 Å². The number of hydrogen-bond acceptors (Lipinski definition) is 4. The molecule has 0 aliphatic heterocycles. The van der Waals surface area contributed by atoms with Crippen LogP contribution in [0.25, 0.3) is 0 Å². The summed E-state index contributed by atoms with van der Waals surface area (Å²) in [7, 11) is 1.54. The maximum atomic E-state index is 12.0. The summed E-state index contributed by atoms with van der Waals surface area (Å²) < 4.78 is 5.05. The molecule has 2 aromatic rings. The SMILES string of the molecule is COc1ccc(C(NC(=O)CCCc2cccs2)C(=O)O)cc1. The number of rotatable bonds is 8. The highest BCUT2D eigenvalue weighted by Gasteiger charge is 2.21. The fourth-order valence-electron chi connectivity index (χ4n) is 2.20. The fourth-order valence-corrected chi connectivity index (χ4v) is 2.95. The maximum absolute atomic E-state index is 12.0. The molecule has 0 aliphatic rings. The number of nitrogens with one attached hydrogen (secondary N) is 1. The molecule has 5 nitrogen and oxygen atoms in total. The van der Waals surface area contributed by atoms with Crippen LogP contribution in [0.3, 0.4) is 0 Å². The Kier molecular flexibility index (Phi) is 6.17. The van der Waals surface area contributed by atoms with Gasteiger partial charge in [-0.3, -0.25) is 4.79 Å². The summed E-state index contributed by atoms with van der Waals surface area (Å²) in [4.78, 5) is 24.6. The lowest BCUT2D eigenvalue weighted by atomic mass is 10.1. The van der Waals surface area contributed by atoms with Crippen LogP contribution < -0.4 is 10.1 Å². The van der Waals surface area contributed by atoms with Gasteiger partial charge in [-0.2, -0.15) is 0 Å². The number of amides is 1. The third-order valence-corrected chi connectivity index (χ3v) is 4.34. The lowest BCUT2D eigenvalue weighted by molar-refractivity contribution is -0.142. The topological polar surface area (TPSA) is 75.6 Å². The Hall–Kier alpha value is -2.34. The van der Waals surface area contributed by atoms with Crippen LogP contribution in [0.5, 0.6) is 5.75 Å². The van der Waals surface area contributed by atoms with Crippen molar-refractivity contribution in [2.24, 2.45) is 0 Å². The Morgan fingerprint density at radius 2 is 2.00 bits per heavy atom. The van der Waals surface area contributed by atoms with Crippen LogP contribution in [0.4, 0.5) is 0 Å². The first-order chi connectivity index (χ1) is 11.1. The van der Waals surface area contributed by atoms with Gasteiger partial charge in [0, 0.05) is 11.3 Å². The molecule has 1 heterocycles. The van der Waals surface area contributed by atoms with Crippen molar-refractivity contribution < 1.29 is 19.4 Å². The van der Waals surface area contributed by atoms with Gasteiger partial charge in [-0.15, -0.1) is 11.3 Å². The van der Waals surface area contributed by atoms with E-state index in [2.05, 4.69) is 5.32 Å². The molecule has 0 aliphatic carbocycles. The van der Waals surface area contributed by atoms with E-state index in [1.807, 2.05) is 17.5 Å². The second-order valence-electron chi connectivity index (χ2n) is 5.04. The molecule has 0 fully saturated rings. The van der Waals surface area contributed by atoms with Gasteiger partial charge in [0.05, 0.1) is 7.11 Å². The van der Waals surface area contributed by atoms with Gasteiger partial charge in [0.25, 0.3) is 0 Å². The Bertz CT molecular complexity index is 637. The molecule has 1 atom stereocenters. The van der Waals surface area contributed by atoms with E-state index in [1.165, 1.54) is 4.88 Å². The van der Waals surface area contributed by atoms with Crippen molar-refractivity contribution in [1.82, 2.24) is 5.32 Å². The number of carbonyl (C=O) groups is 2. The standard InChI is InChI=1S/C17H19NO4S/c1-22-13-9-7-12(8-10-13)16(17(20)21)18-15(19)6-2-4-14-5-3-11-23-14/h3,5,7-11,16H,2,4,6H2,1H3,(H,18,19)(H,20,21). The number of carboxylic acid groups (broad SMARTS) is 1. The number of carboxylic acids is 1. The molecule has 1 amide bonds. The zero-order valence-corrected chi connectivity index (χ0v) is 13.6. The summed E-state index contributed by atoms with van der Waals surface area (Å²) in [5, 5.41) is 13.9. The molecule has 122 valence electrons. The number of thiophene rings is 1. The normalized spacial score (nSPS) is 11.7. The van der Waals surface area contributed by atoms with Crippen molar-refractivity contribution in [2.45, 2.75) is 25.3 Å². The van der Waals surface area contributed by atoms with E-state index in [9.17, 15) is 14.7 Å². The van der Waals surface area contributed by atoms with Crippen LogP contribution in [-0.2, 0) is 16.0 Å². The number of carbonyl (C=O) groups excluding carboxylic acids is 1. The maximum Gasteiger partial charge on any atom is 0.330 e. The molecule has 1 aromatic heterocycles. The van der Waals surface area contributed by atoms with Crippen LogP contribution in [0, 0.1) is 0 Å². The van der Waals surface area contributed by atoms with Gasteiger partial charge >= 0.3 is 5.97 Å². The van der Waals surface area contributed by atoms with Crippen molar-refractivity contribution in [1.29, 1.82) is 0 Å². The predicted molar refractivity (Wildman–Crippen MR) is 88.8 cm³/mol. The first kappa shape index (κ1) is 17.0. The molecular weight excluding hydrogens is 314 g/mol. The first-order valence-electron chi connectivity index (χ1n) is 7.28. The van der Waals surface area contributed by atoms with Crippen LogP contribution in [-0.4, -0.2) is 24.1 Å². The van der Waals surface area contributed by atoms with Crippen molar-refractivity contribution in [2.75, 3.05) is 7.11 Å². The third-order valence-electron chi connectivity index (χ3n) is 3.41. The summed E-state index contributed by atoms with van der Waals surface area (Å²) in [6, 6.07) is 9.59. The van der Waals surface area contributed by atoms with Crippen LogP contribution in [0.1, 0.15) is 29.3 Å². The van der Waals surface area contributed by atoms with E-state index >= 15 is 0 Å². The highest BCUT2D eigenvalue weighted by atomic mass is 32.1. The van der Waals surface area contributed by atoms with Crippen molar-refractivity contribution in [3.8, 4) is 5.75 Å². The van der Waals surface area contributed by atoms with E-state index in [0.717, 1.165) is 6.42 Å². The number of benzene rings is 1. The molecule has 0 saturated carbocycles.